The minimum atomic E-state index is -1.02. The second-order valence-corrected chi connectivity index (χ2v) is 8.48. The molecule has 0 spiro atoms. The highest BCUT2D eigenvalue weighted by Crippen LogP contribution is 2.36. The van der Waals surface area contributed by atoms with Crippen molar-refractivity contribution in [3.8, 4) is 28.3 Å². The lowest BCUT2D eigenvalue weighted by Gasteiger charge is -2.13. The second kappa shape index (κ2) is 8.90. The van der Waals surface area contributed by atoms with E-state index in [0.29, 0.717) is 11.1 Å². The van der Waals surface area contributed by atoms with Gasteiger partial charge in [-0.25, -0.2) is 4.79 Å². The number of fused-ring (bicyclic) bond motifs is 1. The third kappa shape index (κ3) is 4.51. The molecule has 170 valence electrons. The maximum absolute atomic E-state index is 12.1. The molecule has 0 bridgehead atoms. The van der Waals surface area contributed by atoms with Crippen molar-refractivity contribution >= 4 is 22.6 Å². The van der Waals surface area contributed by atoms with Crippen LogP contribution in [0.2, 0.25) is 0 Å². The smallest absolute Gasteiger partial charge is 0.352 e. The molecule has 1 aromatic heterocycles. The molecule has 0 fully saturated rings. The van der Waals surface area contributed by atoms with Crippen molar-refractivity contribution < 1.29 is 19.4 Å². The van der Waals surface area contributed by atoms with Gasteiger partial charge in [0.2, 0.25) is 0 Å². The molecule has 0 aliphatic heterocycles. The van der Waals surface area contributed by atoms with E-state index in [0.717, 1.165) is 33.8 Å². The molecule has 33 heavy (non-hydrogen) atoms. The zero-order chi connectivity index (χ0) is 23.7. The molecule has 0 radical (unpaired) electrons. The molecule has 1 heterocycles. The number of anilines is 1. The third-order valence-corrected chi connectivity index (χ3v) is 5.25. The summed E-state index contributed by atoms with van der Waals surface area (Å²) in [5, 5.41) is 10.6. The van der Waals surface area contributed by atoms with Crippen molar-refractivity contribution in [2.24, 2.45) is 0 Å². The lowest BCUT2D eigenvalue weighted by atomic mass is 10.0. The van der Waals surface area contributed by atoms with E-state index in [1.54, 1.807) is 10.6 Å². The van der Waals surface area contributed by atoms with Gasteiger partial charge in [-0.1, -0.05) is 18.2 Å². The Morgan fingerprint density at radius 2 is 1.39 bits per heavy atom. The number of hydrogen-bond donors (Lipinski definition) is 2. The SMILES string of the molecule is CC(C)Oc1ccc(-c2ccc3c(cc(C(=O)O)n3-c3ccc(OC(C)C)cc3)c2N)cc1. The average Bonchev–Trinajstić information content (AvgIpc) is 3.15. The van der Waals surface area contributed by atoms with Gasteiger partial charge in [0, 0.05) is 22.3 Å². The van der Waals surface area contributed by atoms with Gasteiger partial charge in [0.05, 0.1) is 17.7 Å². The standard InChI is InChI=1S/C27H28N2O4/c1-16(2)32-20-9-5-18(6-10-20)22-13-14-24-23(26(22)28)15-25(27(30)31)29(24)19-7-11-21(12-8-19)33-17(3)4/h5-17H,28H2,1-4H3,(H,30,31). The predicted octanol–water partition coefficient (Wildman–Crippen LogP) is 6.15. The van der Waals surface area contributed by atoms with Crippen LogP contribution in [0.5, 0.6) is 11.5 Å². The minimum absolute atomic E-state index is 0.0575. The first-order valence-electron chi connectivity index (χ1n) is 11.0. The van der Waals surface area contributed by atoms with Gasteiger partial charge < -0.3 is 24.9 Å². The van der Waals surface area contributed by atoms with Gasteiger partial charge in [0.15, 0.2) is 0 Å². The lowest BCUT2D eigenvalue weighted by molar-refractivity contribution is 0.0688. The van der Waals surface area contributed by atoms with E-state index in [1.165, 1.54) is 0 Å². The number of ether oxygens (including phenoxy) is 2. The fourth-order valence-corrected chi connectivity index (χ4v) is 3.92. The molecule has 0 amide bonds. The van der Waals surface area contributed by atoms with Crippen molar-refractivity contribution in [3.05, 3.63) is 72.4 Å². The minimum Gasteiger partial charge on any atom is -0.491 e. The monoisotopic (exact) mass is 444 g/mol. The molecule has 6 nitrogen and oxygen atoms in total. The number of rotatable bonds is 7. The molecule has 6 heteroatoms. The van der Waals surface area contributed by atoms with Crippen LogP contribution < -0.4 is 15.2 Å². The fourth-order valence-electron chi connectivity index (χ4n) is 3.92. The van der Waals surface area contributed by atoms with E-state index < -0.39 is 5.97 Å². The van der Waals surface area contributed by atoms with Crippen molar-refractivity contribution in [1.29, 1.82) is 0 Å². The van der Waals surface area contributed by atoms with Crippen LogP contribution in [0.4, 0.5) is 5.69 Å². The molecular weight excluding hydrogens is 416 g/mol. The van der Waals surface area contributed by atoms with Gasteiger partial charge in [0.25, 0.3) is 0 Å². The van der Waals surface area contributed by atoms with Crippen LogP contribution in [0.1, 0.15) is 38.2 Å². The first kappa shape index (κ1) is 22.3. The van der Waals surface area contributed by atoms with E-state index in [4.69, 9.17) is 15.2 Å². The van der Waals surface area contributed by atoms with E-state index in [9.17, 15) is 9.90 Å². The summed E-state index contributed by atoms with van der Waals surface area (Å²) in [4.78, 5) is 12.1. The number of nitrogens with zero attached hydrogens (tertiary/aromatic N) is 1. The van der Waals surface area contributed by atoms with Gasteiger partial charge in [-0.05, 0) is 81.8 Å². The van der Waals surface area contributed by atoms with Crippen LogP contribution in [-0.4, -0.2) is 27.9 Å². The average molecular weight is 445 g/mol. The number of benzene rings is 3. The highest BCUT2D eigenvalue weighted by Gasteiger charge is 2.19. The summed E-state index contributed by atoms with van der Waals surface area (Å²) < 4.78 is 13.1. The van der Waals surface area contributed by atoms with E-state index in [-0.39, 0.29) is 17.9 Å². The molecule has 0 aliphatic carbocycles. The van der Waals surface area contributed by atoms with Crippen LogP contribution >= 0.6 is 0 Å². The Kier molecular flexibility index (Phi) is 6.01. The fraction of sp³-hybridized carbons (Fsp3) is 0.222. The van der Waals surface area contributed by atoms with Crippen LogP contribution in [0.25, 0.3) is 27.7 Å². The van der Waals surface area contributed by atoms with Crippen LogP contribution in [0, 0.1) is 0 Å². The van der Waals surface area contributed by atoms with Gasteiger partial charge >= 0.3 is 5.97 Å². The van der Waals surface area contributed by atoms with Crippen molar-refractivity contribution in [2.75, 3.05) is 5.73 Å². The summed E-state index contributed by atoms with van der Waals surface area (Å²) in [5.41, 5.74) is 10.5. The van der Waals surface area contributed by atoms with Crippen molar-refractivity contribution in [2.45, 2.75) is 39.9 Å². The molecule has 0 saturated heterocycles. The van der Waals surface area contributed by atoms with E-state index in [2.05, 4.69) is 0 Å². The number of nitrogens with two attached hydrogens (primary N) is 1. The first-order chi connectivity index (χ1) is 15.7. The molecule has 0 unspecified atom stereocenters. The van der Waals surface area contributed by atoms with Gasteiger partial charge in [-0.2, -0.15) is 0 Å². The summed E-state index contributed by atoms with van der Waals surface area (Å²) in [6.45, 7) is 7.88. The number of aromatic nitrogens is 1. The molecule has 4 rings (SSSR count). The lowest BCUT2D eigenvalue weighted by Crippen LogP contribution is -2.07. The first-order valence-corrected chi connectivity index (χ1v) is 11.0. The van der Waals surface area contributed by atoms with Crippen LogP contribution in [-0.2, 0) is 0 Å². The maximum atomic E-state index is 12.1. The molecule has 0 saturated carbocycles. The third-order valence-electron chi connectivity index (χ3n) is 5.25. The van der Waals surface area contributed by atoms with Gasteiger partial charge in [-0.3, -0.25) is 0 Å². The highest BCUT2D eigenvalue weighted by molar-refractivity contribution is 6.05. The summed E-state index contributed by atoms with van der Waals surface area (Å²) in [7, 11) is 0. The topological polar surface area (TPSA) is 86.7 Å². The normalized spacial score (nSPS) is 11.3. The number of nitrogen functional groups attached to an aromatic ring is 1. The van der Waals surface area contributed by atoms with E-state index in [1.807, 2.05) is 88.4 Å². The molecule has 0 atom stereocenters. The zero-order valence-corrected chi connectivity index (χ0v) is 19.2. The molecule has 0 aliphatic rings. The summed E-state index contributed by atoms with van der Waals surface area (Å²) >= 11 is 0. The molecule has 3 N–H and O–H groups in total. The Labute approximate surface area is 193 Å². The van der Waals surface area contributed by atoms with Crippen LogP contribution in [0.15, 0.2) is 66.7 Å². The number of aromatic carboxylic acids is 1. The molecule has 4 aromatic rings. The second-order valence-electron chi connectivity index (χ2n) is 8.48. The largest absolute Gasteiger partial charge is 0.491 e. The Balaban J connectivity index is 1.79. The Morgan fingerprint density at radius 3 is 1.91 bits per heavy atom. The summed E-state index contributed by atoms with van der Waals surface area (Å²) in [6.07, 6.45) is 0.152. The maximum Gasteiger partial charge on any atom is 0.352 e. The molecule has 3 aromatic carbocycles. The van der Waals surface area contributed by atoms with Crippen molar-refractivity contribution in [3.63, 3.8) is 0 Å². The predicted molar refractivity (Wildman–Crippen MR) is 132 cm³/mol. The summed E-state index contributed by atoms with van der Waals surface area (Å²) in [6, 6.07) is 20.6. The molecular formula is C27H28N2O4. The quantitative estimate of drug-likeness (QED) is 0.334. The number of carboxylic acids is 1. The van der Waals surface area contributed by atoms with Gasteiger partial charge in [0.1, 0.15) is 17.2 Å². The number of carbonyl (C=O) groups is 1. The van der Waals surface area contributed by atoms with E-state index >= 15 is 0 Å². The highest BCUT2D eigenvalue weighted by atomic mass is 16.5. The Hall–Kier alpha value is -3.93. The van der Waals surface area contributed by atoms with Crippen molar-refractivity contribution in [1.82, 2.24) is 4.57 Å². The number of carboxylic acid groups (broad SMARTS) is 1. The van der Waals surface area contributed by atoms with Crippen LogP contribution in [0.3, 0.4) is 0 Å². The van der Waals surface area contributed by atoms with Gasteiger partial charge in [-0.15, -0.1) is 0 Å². The summed E-state index contributed by atoms with van der Waals surface area (Å²) in [5.74, 6) is 0.497. The Morgan fingerprint density at radius 1 is 0.848 bits per heavy atom. The Bertz CT molecular complexity index is 1290. The zero-order valence-electron chi connectivity index (χ0n) is 19.2. The number of hydrogen-bond acceptors (Lipinski definition) is 4.